The Kier molecular flexibility index (Phi) is 4.53. The summed E-state index contributed by atoms with van der Waals surface area (Å²) >= 11 is 0. The molecule has 1 aliphatic rings. The van der Waals surface area contributed by atoms with Crippen LogP contribution in [0.1, 0.15) is 32.3 Å². The van der Waals surface area contributed by atoms with E-state index in [-0.39, 0.29) is 5.54 Å². The van der Waals surface area contributed by atoms with Crippen LogP contribution in [0.3, 0.4) is 0 Å². The van der Waals surface area contributed by atoms with Gasteiger partial charge in [-0.15, -0.1) is 0 Å². The first-order valence-electron chi connectivity index (χ1n) is 7.00. The predicted octanol–water partition coefficient (Wildman–Crippen LogP) is 2.93. The lowest BCUT2D eigenvalue weighted by Gasteiger charge is -2.43. The summed E-state index contributed by atoms with van der Waals surface area (Å²) in [5, 5.41) is 3.56. The molecule has 0 aliphatic carbocycles. The molecule has 19 heavy (non-hydrogen) atoms. The van der Waals surface area contributed by atoms with Crippen molar-refractivity contribution in [2.45, 2.75) is 38.8 Å². The molecule has 106 valence electrons. The molecule has 2 rings (SSSR count). The van der Waals surface area contributed by atoms with E-state index < -0.39 is 11.6 Å². The summed E-state index contributed by atoms with van der Waals surface area (Å²) in [6.07, 6.45) is 2.09. The van der Waals surface area contributed by atoms with Crippen LogP contribution >= 0.6 is 0 Å². The van der Waals surface area contributed by atoms with E-state index in [1.54, 1.807) is 12.1 Å². The molecule has 4 heteroatoms. The van der Waals surface area contributed by atoms with Crippen molar-refractivity contribution in [1.82, 2.24) is 10.2 Å². The van der Waals surface area contributed by atoms with Gasteiger partial charge in [0.1, 0.15) is 0 Å². The Hall–Kier alpha value is -1.00. The van der Waals surface area contributed by atoms with Crippen LogP contribution < -0.4 is 5.32 Å². The van der Waals surface area contributed by atoms with Crippen molar-refractivity contribution in [1.29, 1.82) is 0 Å². The Morgan fingerprint density at radius 3 is 2.68 bits per heavy atom. The summed E-state index contributed by atoms with van der Waals surface area (Å²) in [4.78, 5) is 2.21. The molecule has 1 aromatic carbocycles. The van der Waals surface area contributed by atoms with Crippen LogP contribution in [0.4, 0.5) is 8.78 Å². The number of halogens is 2. The van der Waals surface area contributed by atoms with Crippen LogP contribution in [0.2, 0.25) is 0 Å². The van der Waals surface area contributed by atoms with Gasteiger partial charge < -0.3 is 5.32 Å². The minimum Gasteiger partial charge on any atom is -0.309 e. The van der Waals surface area contributed by atoms with Crippen LogP contribution in [0, 0.1) is 11.6 Å². The maximum absolute atomic E-state index is 13.7. The molecule has 1 aromatic rings. The molecule has 1 aliphatic heterocycles. The van der Waals surface area contributed by atoms with E-state index in [1.807, 2.05) is 0 Å². The number of hydrogen-bond donors (Lipinski definition) is 1. The molecule has 0 radical (unpaired) electrons. The SMILES string of the molecule is CCC1(CC)CN(Cc2cccc(F)c2F)CCN1. The van der Waals surface area contributed by atoms with Crippen molar-refractivity contribution < 1.29 is 8.78 Å². The third kappa shape index (κ3) is 3.12. The van der Waals surface area contributed by atoms with Gasteiger partial charge in [-0.3, -0.25) is 4.90 Å². The van der Waals surface area contributed by atoms with Crippen LogP contribution in [-0.2, 0) is 6.54 Å². The maximum Gasteiger partial charge on any atom is 0.163 e. The lowest BCUT2D eigenvalue weighted by atomic mass is 9.90. The fourth-order valence-corrected chi connectivity index (χ4v) is 2.81. The van der Waals surface area contributed by atoms with E-state index in [0.29, 0.717) is 12.1 Å². The Bertz CT molecular complexity index is 430. The zero-order chi connectivity index (χ0) is 13.9. The first-order valence-corrected chi connectivity index (χ1v) is 7.00. The second-order valence-corrected chi connectivity index (χ2v) is 5.34. The second-order valence-electron chi connectivity index (χ2n) is 5.34. The van der Waals surface area contributed by atoms with Gasteiger partial charge in [0, 0.05) is 37.3 Å². The Balaban J connectivity index is 2.09. The van der Waals surface area contributed by atoms with Crippen molar-refractivity contribution in [3.63, 3.8) is 0 Å². The molecular weight excluding hydrogens is 246 g/mol. The van der Waals surface area contributed by atoms with Crippen molar-refractivity contribution in [2.24, 2.45) is 0 Å². The molecule has 1 N–H and O–H groups in total. The zero-order valence-electron chi connectivity index (χ0n) is 11.7. The van der Waals surface area contributed by atoms with Gasteiger partial charge in [0.15, 0.2) is 11.6 Å². The third-order valence-electron chi connectivity index (χ3n) is 4.23. The highest BCUT2D eigenvalue weighted by atomic mass is 19.2. The number of hydrogen-bond acceptors (Lipinski definition) is 2. The summed E-state index contributed by atoms with van der Waals surface area (Å²) in [6.45, 7) is 7.48. The van der Waals surface area contributed by atoms with E-state index in [2.05, 4.69) is 24.1 Å². The summed E-state index contributed by atoms with van der Waals surface area (Å²) in [7, 11) is 0. The van der Waals surface area contributed by atoms with E-state index in [9.17, 15) is 8.78 Å². The summed E-state index contributed by atoms with van der Waals surface area (Å²) in [6, 6.07) is 4.40. The third-order valence-corrected chi connectivity index (χ3v) is 4.23. The lowest BCUT2D eigenvalue weighted by Crippen LogP contribution is -2.59. The summed E-state index contributed by atoms with van der Waals surface area (Å²) in [5.74, 6) is -1.47. The number of rotatable bonds is 4. The molecule has 1 fully saturated rings. The fourth-order valence-electron chi connectivity index (χ4n) is 2.81. The van der Waals surface area contributed by atoms with Gasteiger partial charge in [-0.2, -0.15) is 0 Å². The molecule has 0 bridgehead atoms. The first-order chi connectivity index (χ1) is 9.10. The van der Waals surface area contributed by atoms with Crippen molar-refractivity contribution in [3.05, 3.63) is 35.4 Å². The predicted molar refractivity (Wildman–Crippen MR) is 73.0 cm³/mol. The Morgan fingerprint density at radius 1 is 1.26 bits per heavy atom. The normalized spacial score (nSPS) is 19.6. The zero-order valence-corrected chi connectivity index (χ0v) is 11.7. The monoisotopic (exact) mass is 268 g/mol. The molecule has 1 heterocycles. The highest BCUT2D eigenvalue weighted by Gasteiger charge is 2.31. The van der Waals surface area contributed by atoms with E-state index in [0.717, 1.165) is 32.5 Å². The minimum atomic E-state index is -0.759. The highest BCUT2D eigenvalue weighted by molar-refractivity contribution is 5.19. The average Bonchev–Trinajstić information content (AvgIpc) is 2.44. The number of benzene rings is 1. The molecule has 0 unspecified atom stereocenters. The van der Waals surface area contributed by atoms with Gasteiger partial charge in [0.25, 0.3) is 0 Å². The average molecular weight is 268 g/mol. The number of nitrogens with one attached hydrogen (secondary N) is 1. The topological polar surface area (TPSA) is 15.3 Å². The van der Waals surface area contributed by atoms with Crippen molar-refractivity contribution >= 4 is 0 Å². The molecule has 0 atom stereocenters. The second kappa shape index (κ2) is 5.97. The summed E-state index contributed by atoms with van der Waals surface area (Å²) < 4.78 is 26.9. The van der Waals surface area contributed by atoms with Gasteiger partial charge in [-0.1, -0.05) is 26.0 Å². The van der Waals surface area contributed by atoms with Crippen molar-refractivity contribution in [2.75, 3.05) is 19.6 Å². The quantitative estimate of drug-likeness (QED) is 0.903. The number of piperazine rings is 1. The highest BCUT2D eigenvalue weighted by Crippen LogP contribution is 2.22. The van der Waals surface area contributed by atoms with Gasteiger partial charge in [0.05, 0.1) is 0 Å². The van der Waals surface area contributed by atoms with Gasteiger partial charge in [-0.05, 0) is 18.9 Å². The summed E-state index contributed by atoms with van der Waals surface area (Å²) in [5.41, 5.74) is 0.560. The largest absolute Gasteiger partial charge is 0.309 e. The van der Waals surface area contributed by atoms with Crippen LogP contribution in [0.25, 0.3) is 0 Å². The van der Waals surface area contributed by atoms with Crippen LogP contribution in [0.5, 0.6) is 0 Å². The van der Waals surface area contributed by atoms with Crippen LogP contribution in [0.15, 0.2) is 18.2 Å². The maximum atomic E-state index is 13.7. The van der Waals surface area contributed by atoms with E-state index in [1.165, 1.54) is 6.07 Å². The molecule has 0 spiro atoms. The molecule has 0 aromatic heterocycles. The van der Waals surface area contributed by atoms with E-state index >= 15 is 0 Å². The van der Waals surface area contributed by atoms with Gasteiger partial charge in [-0.25, -0.2) is 8.78 Å². The fraction of sp³-hybridized carbons (Fsp3) is 0.600. The number of nitrogens with zero attached hydrogens (tertiary/aromatic N) is 1. The van der Waals surface area contributed by atoms with E-state index in [4.69, 9.17) is 0 Å². The minimum absolute atomic E-state index is 0.113. The van der Waals surface area contributed by atoms with Gasteiger partial charge in [0.2, 0.25) is 0 Å². The molecule has 0 amide bonds. The standard InChI is InChI=1S/C15H22F2N2/c1-3-15(4-2)11-19(9-8-18-15)10-12-6-5-7-13(16)14(12)17/h5-7,18H,3-4,8-11H2,1-2H3. The molecule has 0 saturated carbocycles. The van der Waals surface area contributed by atoms with Gasteiger partial charge >= 0.3 is 0 Å². The molecule has 1 saturated heterocycles. The first kappa shape index (κ1) is 14.4. The smallest absolute Gasteiger partial charge is 0.163 e. The Labute approximate surface area is 113 Å². The van der Waals surface area contributed by atoms with Crippen LogP contribution in [-0.4, -0.2) is 30.1 Å². The molecular formula is C15H22F2N2. The Morgan fingerprint density at radius 2 is 2.00 bits per heavy atom. The van der Waals surface area contributed by atoms with Crippen molar-refractivity contribution in [3.8, 4) is 0 Å². The lowest BCUT2D eigenvalue weighted by molar-refractivity contribution is 0.117. The molecule has 2 nitrogen and oxygen atoms in total.